The average Bonchev–Trinajstić information content (AvgIpc) is 2.41. The van der Waals surface area contributed by atoms with Crippen molar-refractivity contribution in [3.8, 4) is 5.75 Å². The van der Waals surface area contributed by atoms with E-state index >= 15 is 0 Å². The second-order valence-corrected chi connectivity index (χ2v) is 4.06. The molecule has 0 atom stereocenters. The number of para-hydroxylation sites is 2. The van der Waals surface area contributed by atoms with Gasteiger partial charge in [-0.15, -0.1) is 0 Å². The fourth-order valence-corrected chi connectivity index (χ4v) is 1.81. The van der Waals surface area contributed by atoms with E-state index in [2.05, 4.69) is 0 Å². The van der Waals surface area contributed by atoms with Crippen molar-refractivity contribution in [2.24, 2.45) is 0 Å². The minimum atomic E-state index is -0.0103. The van der Waals surface area contributed by atoms with Crippen LogP contribution in [0.2, 0.25) is 0 Å². The zero-order valence-electron chi connectivity index (χ0n) is 10.2. The number of anilines is 1. The number of benzene rings is 2. The quantitative estimate of drug-likeness (QED) is 0.793. The summed E-state index contributed by atoms with van der Waals surface area (Å²) in [5.41, 5.74) is 8.54. The predicted molar refractivity (Wildman–Crippen MR) is 72.4 cm³/mol. The molecule has 0 aliphatic heterocycles. The smallest absolute Gasteiger partial charge is 0.124 e. The number of rotatable bonds is 5. The summed E-state index contributed by atoms with van der Waals surface area (Å²) in [4.78, 5) is 0. The first-order chi connectivity index (χ1) is 8.81. The van der Waals surface area contributed by atoms with Gasteiger partial charge in [0.25, 0.3) is 0 Å². The lowest BCUT2D eigenvalue weighted by Crippen LogP contribution is -2.05. The van der Waals surface area contributed by atoms with Crippen molar-refractivity contribution in [3.05, 3.63) is 59.7 Å². The number of nitrogens with two attached hydrogens (primary N) is 1. The Bertz CT molecular complexity index is 511. The highest BCUT2D eigenvalue weighted by Crippen LogP contribution is 2.18. The van der Waals surface area contributed by atoms with Crippen LogP contribution in [0.4, 0.5) is 5.69 Å². The summed E-state index contributed by atoms with van der Waals surface area (Å²) in [7, 11) is 0. The molecule has 0 radical (unpaired) electrons. The summed E-state index contributed by atoms with van der Waals surface area (Å²) in [5.74, 6) is 0.731. The molecule has 2 aromatic carbocycles. The molecular formula is C15H17NO2. The van der Waals surface area contributed by atoms with Crippen molar-refractivity contribution < 1.29 is 9.84 Å². The molecule has 3 N–H and O–H groups in total. The molecule has 0 heterocycles. The van der Waals surface area contributed by atoms with Crippen LogP contribution in [0.1, 0.15) is 11.1 Å². The van der Waals surface area contributed by atoms with Crippen LogP contribution in [-0.2, 0) is 13.0 Å². The number of aliphatic hydroxyl groups is 1. The first-order valence-corrected chi connectivity index (χ1v) is 5.96. The summed E-state index contributed by atoms with van der Waals surface area (Å²) in [6, 6.07) is 15.3. The van der Waals surface area contributed by atoms with E-state index in [4.69, 9.17) is 10.5 Å². The van der Waals surface area contributed by atoms with E-state index in [-0.39, 0.29) is 6.61 Å². The minimum absolute atomic E-state index is 0.0103. The van der Waals surface area contributed by atoms with E-state index in [1.54, 1.807) is 0 Å². The molecule has 0 spiro atoms. The van der Waals surface area contributed by atoms with Gasteiger partial charge < -0.3 is 15.6 Å². The number of hydrogen-bond donors (Lipinski definition) is 2. The van der Waals surface area contributed by atoms with Crippen LogP contribution in [0.3, 0.4) is 0 Å². The van der Waals surface area contributed by atoms with E-state index in [0.717, 1.165) is 29.0 Å². The summed E-state index contributed by atoms with van der Waals surface area (Å²) in [6.45, 7) is 0.537. The van der Waals surface area contributed by atoms with Gasteiger partial charge in [-0.3, -0.25) is 0 Å². The first kappa shape index (κ1) is 12.5. The molecule has 0 fully saturated rings. The van der Waals surface area contributed by atoms with Crippen LogP contribution in [-0.4, -0.2) is 11.7 Å². The fraction of sp³-hybridized carbons (Fsp3) is 0.200. The molecule has 0 amide bonds. The maximum Gasteiger partial charge on any atom is 0.124 e. The molecule has 0 unspecified atom stereocenters. The van der Waals surface area contributed by atoms with Crippen molar-refractivity contribution in [3.63, 3.8) is 0 Å². The van der Waals surface area contributed by atoms with Gasteiger partial charge >= 0.3 is 0 Å². The molecule has 0 bridgehead atoms. The fourth-order valence-electron chi connectivity index (χ4n) is 1.81. The van der Waals surface area contributed by atoms with E-state index in [1.165, 1.54) is 0 Å². The van der Waals surface area contributed by atoms with Gasteiger partial charge in [0.1, 0.15) is 5.75 Å². The summed E-state index contributed by atoms with van der Waals surface area (Å²) >= 11 is 0. The summed E-state index contributed by atoms with van der Waals surface area (Å²) < 4.78 is 5.67. The maximum atomic E-state index is 9.18. The van der Waals surface area contributed by atoms with Crippen molar-refractivity contribution in [2.45, 2.75) is 13.0 Å². The third kappa shape index (κ3) is 3.02. The van der Waals surface area contributed by atoms with Gasteiger partial charge in [0.2, 0.25) is 0 Å². The monoisotopic (exact) mass is 243 g/mol. The number of hydrogen-bond acceptors (Lipinski definition) is 3. The first-order valence-electron chi connectivity index (χ1n) is 5.96. The van der Waals surface area contributed by atoms with E-state index < -0.39 is 0 Å². The van der Waals surface area contributed by atoms with Crippen LogP contribution in [0.15, 0.2) is 48.5 Å². The second kappa shape index (κ2) is 6.07. The van der Waals surface area contributed by atoms with Crippen LogP contribution in [0.5, 0.6) is 5.75 Å². The normalized spacial score (nSPS) is 10.3. The van der Waals surface area contributed by atoms with Crippen LogP contribution >= 0.6 is 0 Å². The molecule has 3 nitrogen and oxygen atoms in total. The molecule has 2 aromatic rings. The standard InChI is InChI=1S/C15H17NO2/c16-14-7-3-1-5-12(14)9-10-18-15-8-4-2-6-13(15)11-17/h1-8,17H,9-11,16H2. The molecule has 0 aliphatic rings. The highest BCUT2D eigenvalue weighted by Gasteiger charge is 2.02. The number of aliphatic hydroxyl groups excluding tert-OH is 1. The van der Waals surface area contributed by atoms with Crippen LogP contribution in [0.25, 0.3) is 0 Å². The van der Waals surface area contributed by atoms with Crippen molar-refractivity contribution >= 4 is 5.69 Å². The van der Waals surface area contributed by atoms with Crippen molar-refractivity contribution in [2.75, 3.05) is 12.3 Å². The van der Waals surface area contributed by atoms with E-state index in [1.807, 2.05) is 48.5 Å². The van der Waals surface area contributed by atoms with Crippen molar-refractivity contribution in [1.82, 2.24) is 0 Å². The van der Waals surface area contributed by atoms with Crippen LogP contribution in [0, 0.1) is 0 Å². The lowest BCUT2D eigenvalue weighted by atomic mass is 10.1. The lowest BCUT2D eigenvalue weighted by molar-refractivity contribution is 0.264. The summed E-state index contributed by atoms with van der Waals surface area (Å²) in [5, 5.41) is 9.18. The Labute approximate surface area is 107 Å². The zero-order valence-corrected chi connectivity index (χ0v) is 10.2. The Kier molecular flexibility index (Phi) is 4.20. The number of ether oxygens (including phenoxy) is 1. The lowest BCUT2D eigenvalue weighted by Gasteiger charge is -2.10. The maximum absolute atomic E-state index is 9.18. The Morgan fingerprint density at radius 3 is 2.33 bits per heavy atom. The molecule has 94 valence electrons. The largest absolute Gasteiger partial charge is 0.493 e. The highest BCUT2D eigenvalue weighted by molar-refractivity contribution is 5.46. The SMILES string of the molecule is Nc1ccccc1CCOc1ccccc1CO. The number of nitrogen functional groups attached to an aromatic ring is 1. The highest BCUT2D eigenvalue weighted by atomic mass is 16.5. The molecule has 0 saturated heterocycles. The van der Waals surface area contributed by atoms with Crippen LogP contribution < -0.4 is 10.5 Å². The molecule has 3 heteroatoms. The average molecular weight is 243 g/mol. The van der Waals surface area contributed by atoms with E-state index in [9.17, 15) is 5.11 Å². The zero-order chi connectivity index (χ0) is 12.8. The predicted octanol–water partition coefficient (Wildman–Crippen LogP) is 2.38. The Morgan fingerprint density at radius 1 is 0.944 bits per heavy atom. The third-order valence-electron chi connectivity index (χ3n) is 2.83. The molecule has 18 heavy (non-hydrogen) atoms. The molecule has 0 aliphatic carbocycles. The molecular weight excluding hydrogens is 226 g/mol. The molecule has 0 saturated carbocycles. The molecule has 2 rings (SSSR count). The van der Waals surface area contributed by atoms with Gasteiger partial charge in [-0.25, -0.2) is 0 Å². The topological polar surface area (TPSA) is 55.5 Å². The van der Waals surface area contributed by atoms with Gasteiger partial charge in [0, 0.05) is 17.7 Å². The van der Waals surface area contributed by atoms with Gasteiger partial charge in [-0.05, 0) is 17.7 Å². The van der Waals surface area contributed by atoms with Gasteiger partial charge in [0.15, 0.2) is 0 Å². The Balaban J connectivity index is 1.95. The summed E-state index contributed by atoms with van der Waals surface area (Å²) in [6.07, 6.45) is 0.756. The minimum Gasteiger partial charge on any atom is -0.493 e. The Hall–Kier alpha value is -2.00. The second-order valence-electron chi connectivity index (χ2n) is 4.06. The van der Waals surface area contributed by atoms with Gasteiger partial charge in [-0.1, -0.05) is 36.4 Å². The van der Waals surface area contributed by atoms with E-state index in [0.29, 0.717) is 6.61 Å². The Morgan fingerprint density at radius 2 is 1.61 bits per heavy atom. The van der Waals surface area contributed by atoms with Gasteiger partial charge in [-0.2, -0.15) is 0 Å². The molecule has 0 aromatic heterocycles. The van der Waals surface area contributed by atoms with Gasteiger partial charge in [0.05, 0.1) is 13.2 Å². The van der Waals surface area contributed by atoms with Crippen molar-refractivity contribution in [1.29, 1.82) is 0 Å². The third-order valence-corrected chi connectivity index (χ3v) is 2.83.